The van der Waals surface area contributed by atoms with Crippen LogP contribution in [0.4, 0.5) is 10.1 Å². The second kappa shape index (κ2) is 6.66. The summed E-state index contributed by atoms with van der Waals surface area (Å²) >= 11 is 4.58. The third-order valence-electron chi connectivity index (χ3n) is 3.71. The summed E-state index contributed by atoms with van der Waals surface area (Å²) in [7, 11) is 0. The number of benzene rings is 3. The topological polar surface area (TPSA) is 12.4 Å². The third kappa shape index (κ3) is 3.42. The molecule has 3 rings (SSSR count). The van der Waals surface area contributed by atoms with Gasteiger partial charge in [0.2, 0.25) is 0 Å². The van der Waals surface area contributed by atoms with Crippen molar-refractivity contribution in [2.45, 2.75) is 6.92 Å². The standard InChI is InChI=1S/C20H14FNS/c1-14-2-4-16(5-3-14)19-11-8-17(12-20(19)21)15-6-9-18(10-7-15)22-13-23/h2-12H,1H3. The molecule has 3 heteroatoms. The van der Waals surface area contributed by atoms with E-state index in [1.54, 1.807) is 6.07 Å². The molecule has 0 aromatic heterocycles. The number of aliphatic imine (C=N–C) groups is 1. The lowest BCUT2D eigenvalue weighted by Crippen LogP contribution is -1.87. The molecule has 0 bridgehead atoms. The first-order valence-electron chi connectivity index (χ1n) is 7.22. The highest BCUT2D eigenvalue weighted by Gasteiger charge is 2.07. The van der Waals surface area contributed by atoms with E-state index in [1.165, 1.54) is 0 Å². The van der Waals surface area contributed by atoms with Gasteiger partial charge >= 0.3 is 0 Å². The number of thiocarbonyl (C=S) groups is 1. The molecule has 0 heterocycles. The van der Waals surface area contributed by atoms with E-state index in [4.69, 9.17) is 0 Å². The van der Waals surface area contributed by atoms with Gasteiger partial charge in [0.15, 0.2) is 0 Å². The Morgan fingerprint density at radius 3 is 2.04 bits per heavy atom. The molecule has 0 saturated heterocycles. The van der Waals surface area contributed by atoms with E-state index < -0.39 is 0 Å². The van der Waals surface area contributed by atoms with Crippen LogP contribution in [0.2, 0.25) is 0 Å². The van der Waals surface area contributed by atoms with Crippen LogP contribution in [0.1, 0.15) is 5.56 Å². The molecule has 112 valence electrons. The third-order valence-corrected chi connectivity index (χ3v) is 3.80. The molecule has 23 heavy (non-hydrogen) atoms. The summed E-state index contributed by atoms with van der Waals surface area (Å²) in [4.78, 5) is 3.91. The first kappa shape index (κ1) is 15.3. The van der Waals surface area contributed by atoms with Crippen LogP contribution in [-0.2, 0) is 0 Å². The molecule has 3 aromatic rings. The SMILES string of the molecule is Cc1ccc(-c2ccc(-c3ccc(N=C=S)cc3)cc2F)cc1. The Hall–Kier alpha value is -2.61. The van der Waals surface area contributed by atoms with Crippen LogP contribution in [0, 0.1) is 12.7 Å². The molecule has 0 saturated carbocycles. The highest BCUT2D eigenvalue weighted by molar-refractivity contribution is 7.78. The average Bonchev–Trinajstić information content (AvgIpc) is 2.57. The molecule has 0 aliphatic heterocycles. The second-order valence-corrected chi connectivity index (χ2v) is 5.49. The van der Waals surface area contributed by atoms with Crippen LogP contribution in [-0.4, -0.2) is 5.16 Å². The van der Waals surface area contributed by atoms with Gasteiger partial charge in [0.05, 0.1) is 10.8 Å². The van der Waals surface area contributed by atoms with Crippen LogP contribution < -0.4 is 0 Å². The predicted molar refractivity (Wildman–Crippen MR) is 96.7 cm³/mol. The average molecular weight is 319 g/mol. The molecule has 0 N–H and O–H groups in total. The fourth-order valence-corrected chi connectivity index (χ4v) is 2.55. The molecule has 1 nitrogen and oxygen atoms in total. The predicted octanol–water partition coefficient (Wildman–Crippen LogP) is 6.20. The first-order valence-corrected chi connectivity index (χ1v) is 7.63. The van der Waals surface area contributed by atoms with Gasteiger partial charge in [-0.2, -0.15) is 4.99 Å². The summed E-state index contributed by atoms with van der Waals surface area (Å²) in [6, 6.07) is 20.6. The minimum Gasteiger partial charge on any atom is -0.206 e. The van der Waals surface area contributed by atoms with Gasteiger partial charge in [-0.1, -0.05) is 54.1 Å². The van der Waals surface area contributed by atoms with E-state index in [-0.39, 0.29) is 5.82 Å². The van der Waals surface area contributed by atoms with Gasteiger partial charge in [0.1, 0.15) is 5.82 Å². The minimum absolute atomic E-state index is 0.229. The summed E-state index contributed by atoms with van der Waals surface area (Å²) in [6.07, 6.45) is 0. The maximum Gasteiger partial charge on any atom is 0.131 e. The molecule has 0 amide bonds. The maximum absolute atomic E-state index is 14.5. The summed E-state index contributed by atoms with van der Waals surface area (Å²) in [6.45, 7) is 2.01. The molecule has 0 aliphatic rings. The van der Waals surface area contributed by atoms with Crippen molar-refractivity contribution in [2.75, 3.05) is 0 Å². The zero-order chi connectivity index (χ0) is 16.2. The summed E-state index contributed by atoms with van der Waals surface area (Å²) in [5, 5.41) is 2.33. The largest absolute Gasteiger partial charge is 0.206 e. The van der Waals surface area contributed by atoms with Gasteiger partial charge in [0.25, 0.3) is 0 Å². The Bertz CT molecular complexity index is 877. The van der Waals surface area contributed by atoms with E-state index >= 15 is 0 Å². The molecule has 0 unspecified atom stereocenters. The second-order valence-electron chi connectivity index (χ2n) is 5.31. The maximum atomic E-state index is 14.5. The van der Waals surface area contributed by atoms with Gasteiger partial charge in [-0.15, -0.1) is 0 Å². The number of aryl methyl sites for hydroxylation is 1. The van der Waals surface area contributed by atoms with Gasteiger partial charge in [-0.25, -0.2) is 4.39 Å². The molecule has 0 fully saturated rings. The molecular formula is C20H14FNS. The van der Waals surface area contributed by atoms with Crippen LogP contribution in [0.3, 0.4) is 0 Å². The molecule has 0 aliphatic carbocycles. The lowest BCUT2D eigenvalue weighted by molar-refractivity contribution is 0.632. The number of hydrogen-bond donors (Lipinski definition) is 0. The lowest BCUT2D eigenvalue weighted by Gasteiger charge is -2.07. The molecule has 3 aromatic carbocycles. The fourth-order valence-electron chi connectivity index (χ4n) is 2.44. The van der Waals surface area contributed by atoms with Crippen molar-refractivity contribution < 1.29 is 4.39 Å². The highest BCUT2D eigenvalue weighted by Crippen LogP contribution is 2.29. The molecule has 0 radical (unpaired) electrons. The van der Waals surface area contributed by atoms with E-state index in [0.29, 0.717) is 5.56 Å². The smallest absolute Gasteiger partial charge is 0.131 e. The summed E-state index contributed by atoms with van der Waals surface area (Å²) in [5.41, 5.74) is 5.14. The van der Waals surface area contributed by atoms with Crippen molar-refractivity contribution >= 4 is 23.1 Å². The van der Waals surface area contributed by atoms with Gasteiger partial charge in [0, 0.05) is 5.56 Å². The fraction of sp³-hybridized carbons (Fsp3) is 0.0500. The van der Waals surface area contributed by atoms with Crippen molar-refractivity contribution in [1.82, 2.24) is 0 Å². The number of hydrogen-bond acceptors (Lipinski definition) is 2. The Balaban J connectivity index is 1.95. The summed E-state index contributed by atoms with van der Waals surface area (Å²) in [5.74, 6) is -0.229. The van der Waals surface area contributed by atoms with Crippen molar-refractivity contribution in [3.05, 3.63) is 78.1 Å². The van der Waals surface area contributed by atoms with Crippen molar-refractivity contribution in [2.24, 2.45) is 4.99 Å². The Kier molecular flexibility index (Phi) is 4.42. The van der Waals surface area contributed by atoms with Crippen LogP contribution in [0.5, 0.6) is 0 Å². The van der Waals surface area contributed by atoms with Gasteiger partial charge in [-0.05, 0) is 54.0 Å². The van der Waals surface area contributed by atoms with E-state index in [2.05, 4.69) is 22.4 Å². The van der Waals surface area contributed by atoms with Crippen molar-refractivity contribution in [1.29, 1.82) is 0 Å². The molecule has 0 spiro atoms. The molecular weight excluding hydrogens is 305 g/mol. The van der Waals surface area contributed by atoms with Crippen molar-refractivity contribution in [3.63, 3.8) is 0 Å². The van der Waals surface area contributed by atoms with Crippen LogP contribution in [0.15, 0.2) is 71.7 Å². The van der Waals surface area contributed by atoms with Crippen LogP contribution in [0.25, 0.3) is 22.3 Å². The van der Waals surface area contributed by atoms with Crippen molar-refractivity contribution in [3.8, 4) is 22.3 Å². The van der Waals surface area contributed by atoms with Crippen LogP contribution >= 0.6 is 12.2 Å². The normalized spacial score (nSPS) is 10.2. The zero-order valence-corrected chi connectivity index (χ0v) is 13.4. The Morgan fingerprint density at radius 1 is 0.826 bits per heavy atom. The van der Waals surface area contributed by atoms with E-state index in [9.17, 15) is 4.39 Å². The Morgan fingerprint density at radius 2 is 1.43 bits per heavy atom. The summed E-state index contributed by atoms with van der Waals surface area (Å²) < 4.78 is 14.5. The number of nitrogens with zero attached hydrogens (tertiary/aromatic N) is 1. The monoisotopic (exact) mass is 319 g/mol. The lowest BCUT2D eigenvalue weighted by atomic mass is 9.99. The number of isothiocyanates is 1. The molecule has 0 atom stereocenters. The number of rotatable bonds is 3. The van der Waals surface area contributed by atoms with Gasteiger partial charge in [-0.3, -0.25) is 0 Å². The first-order chi connectivity index (χ1) is 11.2. The highest BCUT2D eigenvalue weighted by atomic mass is 32.1. The number of halogens is 1. The minimum atomic E-state index is -0.229. The Labute approximate surface area is 140 Å². The van der Waals surface area contributed by atoms with E-state index in [1.807, 2.05) is 67.6 Å². The van der Waals surface area contributed by atoms with Gasteiger partial charge < -0.3 is 0 Å². The quantitative estimate of drug-likeness (QED) is 0.413. The van der Waals surface area contributed by atoms with E-state index in [0.717, 1.165) is 27.9 Å². The zero-order valence-electron chi connectivity index (χ0n) is 12.6.